The Morgan fingerprint density at radius 2 is 1.58 bits per heavy atom. The lowest BCUT2D eigenvalue weighted by molar-refractivity contribution is 0.0697. The van der Waals surface area contributed by atoms with Gasteiger partial charge in [0, 0.05) is 0 Å². The van der Waals surface area contributed by atoms with Gasteiger partial charge in [-0.3, -0.25) is 0 Å². The van der Waals surface area contributed by atoms with Crippen molar-refractivity contribution in [2.45, 2.75) is 0 Å². The monoisotopic (exact) mass is 286 g/mol. The average Bonchev–Trinajstić information content (AvgIpc) is 2.35. The van der Waals surface area contributed by atoms with Crippen molar-refractivity contribution in [2.75, 3.05) is 0 Å². The molecule has 0 saturated heterocycles. The molecule has 2 nitrogen and oxygen atoms in total. The molecule has 19 heavy (non-hydrogen) atoms. The van der Waals surface area contributed by atoms with Crippen LogP contribution in [0.2, 0.25) is 5.02 Å². The summed E-state index contributed by atoms with van der Waals surface area (Å²) in [4.78, 5) is 10.9. The van der Waals surface area contributed by atoms with E-state index in [1.165, 1.54) is 12.1 Å². The summed E-state index contributed by atoms with van der Waals surface area (Å²) in [7, 11) is 0. The first-order valence-electron chi connectivity index (χ1n) is 5.08. The zero-order valence-electron chi connectivity index (χ0n) is 9.25. The Morgan fingerprint density at radius 1 is 1.00 bits per heavy atom. The third-order valence-electron chi connectivity index (χ3n) is 2.51. The first-order chi connectivity index (χ1) is 8.90. The normalized spacial score (nSPS) is 10.5. The number of halogens is 4. The second-order valence-electron chi connectivity index (χ2n) is 3.75. The fraction of sp³-hybridized carbons (Fsp3) is 0. The van der Waals surface area contributed by atoms with Gasteiger partial charge in [-0.1, -0.05) is 17.7 Å². The van der Waals surface area contributed by atoms with Crippen LogP contribution in [0.5, 0.6) is 0 Å². The molecule has 0 fully saturated rings. The Hall–Kier alpha value is -2.01. The SMILES string of the molecule is O=C(O)c1cc(-c2cc(F)c(F)c(F)c2)ccc1Cl. The van der Waals surface area contributed by atoms with Crippen molar-refractivity contribution in [1.82, 2.24) is 0 Å². The zero-order chi connectivity index (χ0) is 14.2. The molecule has 0 bridgehead atoms. The molecule has 0 atom stereocenters. The average molecular weight is 287 g/mol. The molecule has 0 radical (unpaired) electrons. The quantitative estimate of drug-likeness (QED) is 0.843. The van der Waals surface area contributed by atoms with Crippen LogP contribution in [0.3, 0.4) is 0 Å². The Kier molecular flexibility index (Phi) is 3.48. The van der Waals surface area contributed by atoms with Crippen LogP contribution in [0.1, 0.15) is 10.4 Å². The van der Waals surface area contributed by atoms with Crippen LogP contribution < -0.4 is 0 Å². The molecule has 0 aliphatic rings. The first-order valence-corrected chi connectivity index (χ1v) is 5.45. The minimum atomic E-state index is -1.57. The first kappa shape index (κ1) is 13.4. The van der Waals surface area contributed by atoms with E-state index in [1.54, 1.807) is 0 Å². The number of aromatic carboxylic acids is 1. The van der Waals surface area contributed by atoms with Crippen LogP contribution in [0.4, 0.5) is 13.2 Å². The van der Waals surface area contributed by atoms with Gasteiger partial charge in [-0.2, -0.15) is 0 Å². The van der Waals surface area contributed by atoms with Gasteiger partial charge in [-0.05, 0) is 35.4 Å². The maximum atomic E-state index is 13.1. The van der Waals surface area contributed by atoms with E-state index < -0.39 is 23.4 Å². The Morgan fingerprint density at radius 3 is 2.11 bits per heavy atom. The third-order valence-corrected chi connectivity index (χ3v) is 2.84. The number of hydrogen-bond acceptors (Lipinski definition) is 1. The van der Waals surface area contributed by atoms with Crippen molar-refractivity contribution < 1.29 is 23.1 Å². The molecule has 2 aromatic carbocycles. The zero-order valence-corrected chi connectivity index (χ0v) is 10.0. The van der Waals surface area contributed by atoms with Gasteiger partial charge < -0.3 is 5.11 Å². The highest BCUT2D eigenvalue weighted by Crippen LogP contribution is 2.27. The summed E-state index contributed by atoms with van der Waals surface area (Å²) in [5, 5.41) is 8.90. The standard InChI is InChI=1S/C13H6ClF3O2/c14-9-2-1-6(3-8(9)13(18)19)7-4-10(15)12(17)11(16)5-7/h1-5H,(H,18,19). The fourth-order valence-electron chi connectivity index (χ4n) is 1.59. The van der Waals surface area contributed by atoms with E-state index in [0.29, 0.717) is 0 Å². The molecule has 0 saturated carbocycles. The summed E-state index contributed by atoms with van der Waals surface area (Å²) >= 11 is 5.68. The van der Waals surface area contributed by atoms with E-state index in [0.717, 1.165) is 18.2 Å². The van der Waals surface area contributed by atoms with E-state index in [1.807, 2.05) is 0 Å². The van der Waals surface area contributed by atoms with Gasteiger partial charge >= 0.3 is 5.97 Å². The predicted octanol–water partition coefficient (Wildman–Crippen LogP) is 4.12. The van der Waals surface area contributed by atoms with Gasteiger partial charge in [0.25, 0.3) is 0 Å². The largest absolute Gasteiger partial charge is 0.478 e. The van der Waals surface area contributed by atoms with E-state index in [2.05, 4.69) is 0 Å². The van der Waals surface area contributed by atoms with Crippen LogP contribution in [-0.2, 0) is 0 Å². The lowest BCUT2D eigenvalue weighted by Crippen LogP contribution is -1.98. The minimum Gasteiger partial charge on any atom is -0.478 e. The molecular weight excluding hydrogens is 281 g/mol. The van der Waals surface area contributed by atoms with Crippen LogP contribution in [0, 0.1) is 17.5 Å². The maximum Gasteiger partial charge on any atom is 0.337 e. The number of hydrogen-bond donors (Lipinski definition) is 1. The summed E-state index contributed by atoms with van der Waals surface area (Å²) in [6, 6.07) is 5.41. The van der Waals surface area contributed by atoms with Crippen molar-refractivity contribution >= 4 is 17.6 Å². The second kappa shape index (κ2) is 4.93. The van der Waals surface area contributed by atoms with Crippen molar-refractivity contribution in [1.29, 1.82) is 0 Å². The number of carboxylic acids is 1. The van der Waals surface area contributed by atoms with Crippen LogP contribution >= 0.6 is 11.6 Å². The highest BCUT2D eigenvalue weighted by Gasteiger charge is 2.14. The molecule has 0 spiro atoms. The molecule has 0 aromatic heterocycles. The summed E-state index contributed by atoms with van der Waals surface area (Å²) in [5.74, 6) is -5.53. The van der Waals surface area contributed by atoms with E-state index in [-0.39, 0.29) is 21.7 Å². The number of rotatable bonds is 2. The summed E-state index contributed by atoms with van der Waals surface area (Å²) in [5.41, 5.74) is 0.0412. The molecule has 0 aliphatic heterocycles. The van der Waals surface area contributed by atoms with Crippen molar-refractivity contribution in [3.8, 4) is 11.1 Å². The molecule has 0 unspecified atom stereocenters. The summed E-state index contributed by atoms with van der Waals surface area (Å²) < 4.78 is 39.0. The molecule has 0 amide bonds. The minimum absolute atomic E-state index is 0.000643. The Bertz CT molecular complexity index is 648. The topological polar surface area (TPSA) is 37.3 Å². The van der Waals surface area contributed by atoms with Crippen LogP contribution in [-0.4, -0.2) is 11.1 Å². The van der Waals surface area contributed by atoms with Crippen LogP contribution in [0.15, 0.2) is 30.3 Å². The van der Waals surface area contributed by atoms with Crippen LogP contribution in [0.25, 0.3) is 11.1 Å². The fourth-order valence-corrected chi connectivity index (χ4v) is 1.79. The number of carbonyl (C=O) groups is 1. The van der Waals surface area contributed by atoms with E-state index in [4.69, 9.17) is 16.7 Å². The molecule has 0 aliphatic carbocycles. The molecule has 1 N–H and O–H groups in total. The summed E-state index contributed by atoms with van der Waals surface area (Å²) in [6.45, 7) is 0. The maximum absolute atomic E-state index is 13.1. The summed E-state index contributed by atoms with van der Waals surface area (Å²) in [6.07, 6.45) is 0. The Balaban J connectivity index is 2.60. The lowest BCUT2D eigenvalue weighted by atomic mass is 10.0. The van der Waals surface area contributed by atoms with E-state index in [9.17, 15) is 18.0 Å². The lowest BCUT2D eigenvalue weighted by Gasteiger charge is -2.06. The van der Waals surface area contributed by atoms with Gasteiger partial charge in [-0.25, -0.2) is 18.0 Å². The van der Waals surface area contributed by atoms with Crippen molar-refractivity contribution in [3.05, 3.63) is 58.4 Å². The Labute approximate surface area is 111 Å². The second-order valence-corrected chi connectivity index (χ2v) is 4.16. The molecule has 0 heterocycles. The van der Waals surface area contributed by atoms with Gasteiger partial charge in [0.2, 0.25) is 0 Å². The van der Waals surface area contributed by atoms with Gasteiger partial charge in [0.05, 0.1) is 10.6 Å². The number of benzene rings is 2. The highest BCUT2D eigenvalue weighted by molar-refractivity contribution is 6.33. The van der Waals surface area contributed by atoms with Gasteiger partial charge in [0.1, 0.15) is 0 Å². The van der Waals surface area contributed by atoms with E-state index >= 15 is 0 Å². The number of carboxylic acid groups (broad SMARTS) is 1. The molecule has 6 heteroatoms. The third kappa shape index (κ3) is 2.56. The highest BCUT2D eigenvalue weighted by atomic mass is 35.5. The predicted molar refractivity (Wildman–Crippen MR) is 63.7 cm³/mol. The van der Waals surface area contributed by atoms with Gasteiger partial charge in [-0.15, -0.1) is 0 Å². The molecule has 2 aromatic rings. The molecule has 98 valence electrons. The molecule has 2 rings (SSSR count). The van der Waals surface area contributed by atoms with Gasteiger partial charge in [0.15, 0.2) is 17.5 Å². The van der Waals surface area contributed by atoms with Crippen molar-refractivity contribution in [2.24, 2.45) is 0 Å². The smallest absolute Gasteiger partial charge is 0.337 e. The van der Waals surface area contributed by atoms with Crippen molar-refractivity contribution in [3.63, 3.8) is 0 Å². The molecular formula is C13H6ClF3O2.